The van der Waals surface area contributed by atoms with E-state index < -0.39 is 0 Å². The first-order valence-corrected chi connectivity index (χ1v) is 5.39. The van der Waals surface area contributed by atoms with E-state index in [9.17, 15) is 0 Å². The minimum Gasteiger partial charge on any atom is -0.481 e. The van der Waals surface area contributed by atoms with E-state index in [2.05, 4.69) is 10.1 Å². The van der Waals surface area contributed by atoms with Gasteiger partial charge in [0.15, 0.2) is 0 Å². The fraction of sp³-hybridized carbons (Fsp3) is 0.333. The van der Waals surface area contributed by atoms with Crippen LogP contribution >= 0.6 is 0 Å². The summed E-state index contributed by atoms with van der Waals surface area (Å²) in [5.41, 5.74) is 9.75. The van der Waals surface area contributed by atoms with Crippen molar-refractivity contribution in [2.24, 2.45) is 12.8 Å². The van der Waals surface area contributed by atoms with Crippen molar-refractivity contribution in [3.63, 3.8) is 0 Å². The molecule has 0 aromatic carbocycles. The third-order valence-electron chi connectivity index (χ3n) is 2.79. The largest absolute Gasteiger partial charge is 0.481 e. The minimum absolute atomic E-state index is 0.455. The highest BCUT2D eigenvalue weighted by Crippen LogP contribution is 2.26. The highest BCUT2D eigenvalue weighted by atomic mass is 16.5. The number of nitrogens with two attached hydrogens (primary N) is 1. The van der Waals surface area contributed by atoms with Gasteiger partial charge in [0.25, 0.3) is 0 Å². The first kappa shape index (κ1) is 11.6. The lowest BCUT2D eigenvalue weighted by Crippen LogP contribution is -2.05. The van der Waals surface area contributed by atoms with Gasteiger partial charge in [-0.2, -0.15) is 5.10 Å². The van der Waals surface area contributed by atoms with Gasteiger partial charge < -0.3 is 10.5 Å². The van der Waals surface area contributed by atoms with Crippen molar-refractivity contribution in [1.29, 1.82) is 0 Å². The van der Waals surface area contributed by atoms with Crippen molar-refractivity contribution in [3.05, 3.63) is 29.7 Å². The molecule has 0 fully saturated rings. The van der Waals surface area contributed by atoms with Crippen LogP contribution in [0.1, 0.15) is 11.3 Å². The van der Waals surface area contributed by atoms with Crippen LogP contribution in [-0.2, 0) is 13.6 Å². The zero-order valence-electron chi connectivity index (χ0n) is 10.3. The van der Waals surface area contributed by atoms with Crippen LogP contribution in [0, 0.1) is 6.92 Å². The summed E-state index contributed by atoms with van der Waals surface area (Å²) in [6, 6.07) is 2.03. The lowest BCUT2D eigenvalue weighted by molar-refractivity contribution is 0.394. The lowest BCUT2D eigenvalue weighted by Gasteiger charge is -2.07. The number of aryl methyl sites for hydroxylation is 2. The van der Waals surface area contributed by atoms with E-state index >= 15 is 0 Å². The summed E-state index contributed by atoms with van der Waals surface area (Å²) in [5, 5.41) is 4.21. The molecule has 0 aliphatic heterocycles. The maximum Gasteiger partial charge on any atom is 0.215 e. The molecule has 0 saturated heterocycles. The van der Waals surface area contributed by atoms with Crippen molar-refractivity contribution in [2.45, 2.75) is 13.5 Å². The van der Waals surface area contributed by atoms with Gasteiger partial charge in [0, 0.05) is 36.5 Å². The summed E-state index contributed by atoms with van der Waals surface area (Å²) in [6.45, 7) is 2.42. The molecule has 0 aliphatic rings. The van der Waals surface area contributed by atoms with E-state index in [1.807, 2.05) is 26.2 Å². The van der Waals surface area contributed by atoms with Crippen LogP contribution in [0.3, 0.4) is 0 Å². The van der Waals surface area contributed by atoms with Crippen LogP contribution < -0.4 is 10.5 Å². The molecule has 0 radical (unpaired) electrons. The lowest BCUT2D eigenvalue weighted by atomic mass is 10.1. The van der Waals surface area contributed by atoms with Crippen LogP contribution in [0.5, 0.6) is 5.88 Å². The van der Waals surface area contributed by atoms with Crippen LogP contribution in [0.15, 0.2) is 18.5 Å². The topological polar surface area (TPSA) is 66.0 Å². The van der Waals surface area contributed by atoms with Crippen LogP contribution in [-0.4, -0.2) is 21.9 Å². The average molecular weight is 232 g/mol. The molecule has 2 rings (SSSR count). The molecular weight excluding hydrogens is 216 g/mol. The Labute approximate surface area is 100 Å². The van der Waals surface area contributed by atoms with Gasteiger partial charge >= 0.3 is 0 Å². The standard InChI is InChI=1S/C12H16N4O/c1-8-4-9(6-14-12(8)17-3)10-7-15-16(2)11(10)5-13/h4,6-7H,5,13H2,1-3H3. The smallest absolute Gasteiger partial charge is 0.215 e. The number of hydrogen-bond acceptors (Lipinski definition) is 4. The molecule has 5 heteroatoms. The van der Waals surface area contributed by atoms with E-state index in [4.69, 9.17) is 10.5 Å². The van der Waals surface area contributed by atoms with Gasteiger partial charge in [-0.25, -0.2) is 4.98 Å². The number of rotatable bonds is 3. The number of aromatic nitrogens is 3. The molecule has 2 N–H and O–H groups in total. The molecule has 2 aromatic heterocycles. The van der Waals surface area contributed by atoms with Gasteiger partial charge in [0.2, 0.25) is 5.88 Å². The zero-order chi connectivity index (χ0) is 12.4. The van der Waals surface area contributed by atoms with Gasteiger partial charge in [0.1, 0.15) is 0 Å². The highest BCUT2D eigenvalue weighted by Gasteiger charge is 2.11. The second-order valence-electron chi connectivity index (χ2n) is 3.88. The van der Waals surface area contributed by atoms with E-state index in [0.717, 1.165) is 22.4 Å². The van der Waals surface area contributed by atoms with Crippen molar-refractivity contribution in [3.8, 4) is 17.0 Å². The van der Waals surface area contributed by atoms with E-state index in [0.29, 0.717) is 12.4 Å². The van der Waals surface area contributed by atoms with Crippen LogP contribution in [0.25, 0.3) is 11.1 Å². The molecule has 0 saturated carbocycles. The monoisotopic (exact) mass is 232 g/mol. The van der Waals surface area contributed by atoms with E-state index in [1.165, 1.54) is 0 Å². The quantitative estimate of drug-likeness (QED) is 0.865. The fourth-order valence-corrected chi connectivity index (χ4v) is 1.87. The predicted octanol–water partition coefficient (Wildman–Crippen LogP) is 1.26. The van der Waals surface area contributed by atoms with Gasteiger partial charge in [-0.3, -0.25) is 4.68 Å². The first-order chi connectivity index (χ1) is 8.17. The van der Waals surface area contributed by atoms with Gasteiger partial charge in [-0.05, 0) is 13.0 Å². The number of hydrogen-bond donors (Lipinski definition) is 1. The molecule has 17 heavy (non-hydrogen) atoms. The van der Waals surface area contributed by atoms with Crippen molar-refractivity contribution in [2.75, 3.05) is 7.11 Å². The normalized spacial score (nSPS) is 10.6. The molecule has 0 unspecified atom stereocenters. The van der Waals surface area contributed by atoms with Crippen molar-refractivity contribution in [1.82, 2.24) is 14.8 Å². The fourth-order valence-electron chi connectivity index (χ4n) is 1.87. The Bertz CT molecular complexity index is 533. The van der Waals surface area contributed by atoms with Crippen molar-refractivity contribution < 1.29 is 4.74 Å². The van der Waals surface area contributed by atoms with Gasteiger partial charge in [-0.1, -0.05) is 0 Å². The summed E-state index contributed by atoms with van der Waals surface area (Å²) in [7, 11) is 3.50. The Kier molecular flexibility index (Phi) is 3.10. The molecule has 2 aromatic rings. The number of pyridine rings is 1. The molecule has 0 atom stereocenters. The van der Waals surface area contributed by atoms with Gasteiger partial charge in [-0.15, -0.1) is 0 Å². The summed E-state index contributed by atoms with van der Waals surface area (Å²) < 4.78 is 6.93. The maximum absolute atomic E-state index is 5.72. The second-order valence-corrected chi connectivity index (χ2v) is 3.88. The third kappa shape index (κ3) is 2.01. The first-order valence-electron chi connectivity index (χ1n) is 5.39. The van der Waals surface area contributed by atoms with Crippen molar-refractivity contribution >= 4 is 0 Å². The maximum atomic E-state index is 5.72. The Morgan fingerprint density at radius 1 is 1.41 bits per heavy atom. The van der Waals surface area contributed by atoms with Crippen LogP contribution in [0.4, 0.5) is 0 Å². The zero-order valence-corrected chi connectivity index (χ0v) is 10.3. The number of nitrogens with zero attached hydrogens (tertiary/aromatic N) is 3. The summed E-state index contributed by atoms with van der Waals surface area (Å²) in [5.74, 6) is 0.645. The predicted molar refractivity (Wildman–Crippen MR) is 65.6 cm³/mol. The Hall–Kier alpha value is -1.88. The second kappa shape index (κ2) is 4.55. The molecule has 0 amide bonds. The molecule has 0 spiro atoms. The number of ether oxygens (including phenoxy) is 1. The summed E-state index contributed by atoms with van der Waals surface area (Å²) in [6.07, 6.45) is 3.59. The molecular formula is C12H16N4O. The summed E-state index contributed by atoms with van der Waals surface area (Å²) in [4.78, 5) is 4.26. The molecule has 90 valence electrons. The van der Waals surface area contributed by atoms with E-state index in [1.54, 1.807) is 18.0 Å². The SMILES string of the molecule is COc1ncc(-c2cnn(C)c2CN)cc1C. The van der Waals surface area contributed by atoms with Gasteiger partial charge in [0.05, 0.1) is 19.0 Å². The molecule has 5 nitrogen and oxygen atoms in total. The Balaban J connectivity index is 2.49. The average Bonchev–Trinajstić information content (AvgIpc) is 2.70. The highest BCUT2D eigenvalue weighted by molar-refractivity contribution is 5.65. The summed E-state index contributed by atoms with van der Waals surface area (Å²) >= 11 is 0. The Morgan fingerprint density at radius 3 is 2.76 bits per heavy atom. The molecule has 2 heterocycles. The molecule has 0 aliphatic carbocycles. The Morgan fingerprint density at radius 2 is 2.18 bits per heavy atom. The van der Waals surface area contributed by atoms with E-state index in [-0.39, 0.29) is 0 Å². The third-order valence-corrected chi connectivity index (χ3v) is 2.79. The minimum atomic E-state index is 0.455. The number of methoxy groups -OCH3 is 1. The van der Waals surface area contributed by atoms with Crippen LogP contribution in [0.2, 0.25) is 0 Å². The molecule has 0 bridgehead atoms.